The molecular formula is C14H25ClN2O6. The molecule has 0 rings (SSSR count). The topological polar surface area (TPSA) is 114 Å². The van der Waals surface area contributed by atoms with E-state index in [4.69, 9.17) is 26.2 Å². The lowest BCUT2D eigenvalue weighted by molar-refractivity contribution is -0.139. The summed E-state index contributed by atoms with van der Waals surface area (Å²) in [6, 6.07) is -1.05. The van der Waals surface area contributed by atoms with E-state index >= 15 is 0 Å². The lowest BCUT2D eigenvalue weighted by Gasteiger charge is -2.22. The molecule has 2 amide bonds. The Morgan fingerprint density at radius 2 is 1.83 bits per heavy atom. The lowest BCUT2D eigenvalue weighted by atomic mass is 10.1. The van der Waals surface area contributed by atoms with E-state index in [0.717, 1.165) is 0 Å². The van der Waals surface area contributed by atoms with Gasteiger partial charge in [0.2, 0.25) is 0 Å². The van der Waals surface area contributed by atoms with Crippen molar-refractivity contribution in [1.29, 1.82) is 0 Å². The van der Waals surface area contributed by atoms with Gasteiger partial charge in [-0.15, -0.1) is 11.6 Å². The van der Waals surface area contributed by atoms with Gasteiger partial charge in [0, 0.05) is 12.4 Å². The van der Waals surface area contributed by atoms with Crippen LogP contribution in [0.3, 0.4) is 0 Å². The fourth-order valence-electron chi connectivity index (χ4n) is 1.52. The molecule has 0 aromatic heterocycles. The van der Waals surface area contributed by atoms with Gasteiger partial charge in [0.1, 0.15) is 11.6 Å². The highest BCUT2D eigenvalue weighted by molar-refractivity contribution is 6.18. The van der Waals surface area contributed by atoms with E-state index in [2.05, 4.69) is 10.6 Å². The standard InChI is InChI=1S/C14H25ClN2O6/c1-14(2,3)23-13(21)17-10(11(18)19)6-4-5-9-22-12(20)16-8-7-15/h10H,4-9H2,1-3H3,(H,16,20)(H,17,21)(H,18,19)/t10-/m0/s1. The van der Waals surface area contributed by atoms with Crippen molar-refractivity contribution in [2.24, 2.45) is 0 Å². The second-order valence-corrected chi connectivity index (χ2v) is 6.16. The number of halogens is 1. The van der Waals surface area contributed by atoms with Crippen molar-refractivity contribution in [1.82, 2.24) is 10.6 Å². The molecule has 0 aromatic rings. The molecule has 0 aliphatic rings. The molecule has 3 N–H and O–H groups in total. The third-order valence-electron chi connectivity index (χ3n) is 2.47. The third-order valence-corrected chi connectivity index (χ3v) is 2.66. The highest BCUT2D eigenvalue weighted by atomic mass is 35.5. The Morgan fingerprint density at radius 1 is 1.17 bits per heavy atom. The van der Waals surface area contributed by atoms with Crippen LogP contribution in [0.1, 0.15) is 40.0 Å². The molecule has 0 fully saturated rings. The predicted octanol–water partition coefficient (Wildman–Crippen LogP) is 2.10. The molecule has 23 heavy (non-hydrogen) atoms. The van der Waals surface area contributed by atoms with Crippen LogP contribution in [0.2, 0.25) is 0 Å². The summed E-state index contributed by atoms with van der Waals surface area (Å²) in [4.78, 5) is 33.8. The highest BCUT2D eigenvalue weighted by Gasteiger charge is 2.23. The molecule has 0 saturated heterocycles. The fraction of sp³-hybridized carbons (Fsp3) is 0.786. The summed E-state index contributed by atoms with van der Waals surface area (Å²) in [7, 11) is 0. The molecule has 0 spiro atoms. The Balaban J connectivity index is 4.00. The quantitative estimate of drug-likeness (QED) is 0.432. The van der Waals surface area contributed by atoms with E-state index in [1.54, 1.807) is 20.8 Å². The Kier molecular flexibility index (Phi) is 10.1. The van der Waals surface area contributed by atoms with Crippen LogP contribution in [0, 0.1) is 0 Å². The number of carbonyl (C=O) groups excluding carboxylic acids is 2. The monoisotopic (exact) mass is 352 g/mol. The second kappa shape index (κ2) is 10.9. The third kappa shape index (κ3) is 12.5. The van der Waals surface area contributed by atoms with Crippen molar-refractivity contribution in [3.63, 3.8) is 0 Å². The number of hydrogen-bond acceptors (Lipinski definition) is 5. The summed E-state index contributed by atoms with van der Waals surface area (Å²) in [6.07, 6.45) is -0.181. The van der Waals surface area contributed by atoms with Gasteiger partial charge in [0.15, 0.2) is 0 Å². The molecule has 1 atom stereocenters. The molecule has 0 aliphatic carbocycles. The summed E-state index contributed by atoms with van der Waals surface area (Å²) in [5.41, 5.74) is -0.697. The summed E-state index contributed by atoms with van der Waals surface area (Å²) in [5, 5.41) is 13.8. The predicted molar refractivity (Wildman–Crippen MR) is 84.7 cm³/mol. The lowest BCUT2D eigenvalue weighted by Crippen LogP contribution is -2.43. The van der Waals surface area contributed by atoms with Crippen LogP contribution in [0.15, 0.2) is 0 Å². The Labute approximate surface area is 140 Å². The number of unbranched alkanes of at least 4 members (excludes halogenated alkanes) is 1. The van der Waals surface area contributed by atoms with Gasteiger partial charge in [-0.3, -0.25) is 0 Å². The molecule has 0 aromatic carbocycles. The van der Waals surface area contributed by atoms with Crippen LogP contribution in [0.4, 0.5) is 9.59 Å². The van der Waals surface area contributed by atoms with Gasteiger partial charge < -0.3 is 25.2 Å². The van der Waals surface area contributed by atoms with Gasteiger partial charge in [-0.2, -0.15) is 0 Å². The first-order chi connectivity index (χ1) is 10.7. The number of ether oxygens (including phenoxy) is 2. The smallest absolute Gasteiger partial charge is 0.408 e. The van der Waals surface area contributed by atoms with Gasteiger partial charge in [0.05, 0.1) is 6.61 Å². The maximum Gasteiger partial charge on any atom is 0.408 e. The van der Waals surface area contributed by atoms with E-state index in [-0.39, 0.29) is 13.0 Å². The van der Waals surface area contributed by atoms with E-state index in [1.807, 2.05) is 0 Å². The van der Waals surface area contributed by atoms with Crippen LogP contribution >= 0.6 is 11.6 Å². The molecular weight excluding hydrogens is 328 g/mol. The number of rotatable bonds is 9. The number of alkyl halides is 1. The van der Waals surface area contributed by atoms with E-state index in [1.165, 1.54) is 0 Å². The summed E-state index contributed by atoms with van der Waals surface area (Å²) in [6.45, 7) is 5.55. The van der Waals surface area contributed by atoms with Crippen LogP contribution < -0.4 is 10.6 Å². The van der Waals surface area contributed by atoms with Crippen LogP contribution in [0.25, 0.3) is 0 Å². The van der Waals surface area contributed by atoms with Crippen LogP contribution in [0.5, 0.6) is 0 Å². The largest absolute Gasteiger partial charge is 0.480 e. The van der Waals surface area contributed by atoms with E-state index in [0.29, 0.717) is 25.3 Å². The van der Waals surface area contributed by atoms with Crippen molar-refractivity contribution in [2.75, 3.05) is 19.0 Å². The maximum absolute atomic E-state index is 11.6. The summed E-state index contributed by atoms with van der Waals surface area (Å²) in [5.74, 6) is -0.845. The number of amides is 2. The minimum absolute atomic E-state index is 0.160. The zero-order chi connectivity index (χ0) is 17.9. The zero-order valence-corrected chi connectivity index (χ0v) is 14.4. The Hall–Kier alpha value is -1.70. The summed E-state index contributed by atoms with van der Waals surface area (Å²) < 4.78 is 9.88. The van der Waals surface area contributed by atoms with Gasteiger partial charge in [-0.1, -0.05) is 0 Å². The number of hydrogen-bond donors (Lipinski definition) is 3. The Morgan fingerprint density at radius 3 is 2.35 bits per heavy atom. The average molecular weight is 353 g/mol. The number of carboxylic acids is 1. The van der Waals surface area contributed by atoms with Crippen molar-refractivity contribution >= 4 is 29.8 Å². The molecule has 0 bridgehead atoms. The molecule has 134 valence electrons. The van der Waals surface area contributed by atoms with E-state index in [9.17, 15) is 14.4 Å². The molecule has 0 saturated carbocycles. The normalized spacial score (nSPS) is 12.2. The number of aliphatic carboxylic acids is 1. The minimum Gasteiger partial charge on any atom is -0.480 e. The first-order valence-electron chi connectivity index (χ1n) is 7.34. The molecule has 9 heteroatoms. The van der Waals surface area contributed by atoms with Gasteiger partial charge in [-0.25, -0.2) is 14.4 Å². The second-order valence-electron chi connectivity index (χ2n) is 5.78. The van der Waals surface area contributed by atoms with E-state index < -0.39 is 29.8 Å². The first-order valence-corrected chi connectivity index (χ1v) is 7.88. The van der Waals surface area contributed by atoms with Gasteiger partial charge in [-0.05, 0) is 40.0 Å². The van der Waals surface area contributed by atoms with Crippen LogP contribution in [-0.2, 0) is 14.3 Å². The fourth-order valence-corrected chi connectivity index (χ4v) is 1.62. The number of carbonyl (C=O) groups is 3. The van der Waals surface area contributed by atoms with Crippen molar-refractivity contribution in [2.45, 2.75) is 51.7 Å². The minimum atomic E-state index is -1.14. The molecule has 0 heterocycles. The number of carboxylic acid groups (broad SMARTS) is 1. The van der Waals surface area contributed by atoms with Crippen molar-refractivity contribution < 1.29 is 29.0 Å². The van der Waals surface area contributed by atoms with Gasteiger partial charge >= 0.3 is 18.2 Å². The Bertz CT molecular complexity index is 397. The molecule has 0 radical (unpaired) electrons. The number of nitrogens with one attached hydrogen (secondary N) is 2. The molecule has 0 aliphatic heterocycles. The maximum atomic E-state index is 11.6. The van der Waals surface area contributed by atoms with Gasteiger partial charge in [0.25, 0.3) is 0 Å². The zero-order valence-electron chi connectivity index (χ0n) is 13.7. The number of alkyl carbamates (subject to hydrolysis) is 2. The average Bonchev–Trinajstić information content (AvgIpc) is 2.41. The van der Waals surface area contributed by atoms with Crippen molar-refractivity contribution in [3.05, 3.63) is 0 Å². The first kappa shape index (κ1) is 21.3. The summed E-state index contributed by atoms with van der Waals surface area (Å²) >= 11 is 5.40. The SMILES string of the molecule is CC(C)(C)OC(=O)N[C@@H](CCCCOC(=O)NCCCl)C(=O)O. The van der Waals surface area contributed by atoms with Crippen LogP contribution in [-0.4, -0.2) is 53.9 Å². The molecule has 0 unspecified atom stereocenters. The van der Waals surface area contributed by atoms with Crippen molar-refractivity contribution in [3.8, 4) is 0 Å². The molecule has 8 nitrogen and oxygen atoms in total. The highest BCUT2D eigenvalue weighted by Crippen LogP contribution is 2.08.